The molecule has 0 unspecified atom stereocenters. The van der Waals surface area contributed by atoms with Crippen LogP contribution in [0.1, 0.15) is 11.1 Å². The number of aryl methyl sites for hydroxylation is 1. The first-order valence-corrected chi connectivity index (χ1v) is 4.57. The zero-order chi connectivity index (χ0) is 11.0. The van der Waals surface area contributed by atoms with Crippen LogP contribution < -0.4 is 11.4 Å². The van der Waals surface area contributed by atoms with Crippen molar-refractivity contribution in [1.29, 1.82) is 0 Å². The molecule has 0 atom stereocenters. The van der Waals surface area contributed by atoms with Crippen molar-refractivity contribution in [3.05, 3.63) is 50.3 Å². The van der Waals surface area contributed by atoms with Gasteiger partial charge in [0, 0.05) is 0 Å². The Morgan fingerprint density at radius 2 is 1.67 bits per heavy atom. The van der Waals surface area contributed by atoms with E-state index in [1.165, 1.54) is 0 Å². The van der Waals surface area contributed by atoms with Gasteiger partial charge >= 0.3 is 11.4 Å². The molecule has 5 heteroatoms. The van der Waals surface area contributed by atoms with Crippen LogP contribution in [-0.4, -0.2) is 14.8 Å². The van der Waals surface area contributed by atoms with Gasteiger partial charge in [-0.05, 0) is 31.0 Å². The number of H-pyrrole nitrogens is 2. The van der Waals surface area contributed by atoms with Crippen LogP contribution in [-0.2, 0) is 0 Å². The lowest BCUT2D eigenvalue weighted by Gasteiger charge is -2.06. The van der Waals surface area contributed by atoms with Crippen LogP contribution in [0.3, 0.4) is 0 Å². The zero-order valence-electron chi connectivity index (χ0n) is 8.50. The van der Waals surface area contributed by atoms with E-state index in [-0.39, 0.29) is 0 Å². The van der Waals surface area contributed by atoms with E-state index in [9.17, 15) is 9.59 Å². The molecule has 1 heterocycles. The third-order valence-electron chi connectivity index (χ3n) is 2.50. The first-order valence-electron chi connectivity index (χ1n) is 4.57. The number of aromatic amines is 2. The van der Waals surface area contributed by atoms with E-state index < -0.39 is 11.4 Å². The first kappa shape index (κ1) is 9.51. The summed E-state index contributed by atoms with van der Waals surface area (Å²) >= 11 is 0. The number of hydrogen-bond donors (Lipinski definition) is 2. The largest absolute Gasteiger partial charge is 0.348 e. The van der Waals surface area contributed by atoms with Crippen LogP contribution in [0.4, 0.5) is 0 Å². The van der Waals surface area contributed by atoms with Crippen LogP contribution in [0.2, 0.25) is 0 Å². The fourth-order valence-corrected chi connectivity index (χ4v) is 1.51. The minimum Gasteiger partial charge on any atom is -0.247 e. The third kappa shape index (κ3) is 1.41. The highest BCUT2D eigenvalue weighted by Crippen LogP contribution is 2.13. The Kier molecular flexibility index (Phi) is 2.07. The summed E-state index contributed by atoms with van der Waals surface area (Å²) in [7, 11) is 0. The zero-order valence-corrected chi connectivity index (χ0v) is 8.50. The van der Waals surface area contributed by atoms with Gasteiger partial charge in [0.25, 0.3) is 0 Å². The summed E-state index contributed by atoms with van der Waals surface area (Å²) in [6.45, 7) is 3.81. The van der Waals surface area contributed by atoms with Crippen molar-refractivity contribution in [3.8, 4) is 5.69 Å². The summed E-state index contributed by atoms with van der Waals surface area (Å²) in [5.74, 6) is 0. The van der Waals surface area contributed by atoms with Crippen molar-refractivity contribution < 1.29 is 0 Å². The highest BCUT2D eigenvalue weighted by atomic mass is 16.2. The third-order valence-corrected chi connectivity index (χ3v) is 2.50. The summed E-state index contributed by atoms with van der Waals surface area (Å²) in [5, 5.41) is 4.50. The SMILES string of the molecule is Cc1cccc(-n2c(=O)[nH][nH]c2=O)c1C. The van der Waals surface area contributed by atoms with Gasteiger partial charge in [0.2, 0.25) is 0 Å². The number of rotatable bonds is 1. The maximum atomic E-state index is 11.4. The van der Waals surface area contributed by atoms with Gasteiger partial charge in [-0.3, -0.25) is 0 Å². The molecule has 15 heavy (non-hydrogen) atoms. The van der Waals surface area contributed by atoms with Gasteiger partial charge in [0.1, 0.15) is 0 Å². The van der Waals surface area contributed by atoms with Crippen LogP contribution in [0, 0.1) is 13.8 Å². The summed E-state index contributed by atoms with van der Waals surface area (Å²) < 4.78 is 1.09. The number of nitrogens with one attached hydrogen (secondary N) is 2. The quantitative estimate of drug-likeness (QED) is 0.710. The molecule has 0 fully saturated rings. The van der Waals surface area contributed by atoms with E-state index in [4.69, 9.17) is 0 Å². The Hall–Kier alpha value is -2.04. The Morgan fingerprint density at radius 3 is 2.27 bits per heavy atom. The number of hydrogen-bond acceptors (Lipinski definition) is 2. The molecule has 0 amide bonds. The molecule has 2 rings (SSSR count). The fraction of sp³-hybridized carbons (Fsp3) is 0.200. The molecule has 0 aliphatic carbocycles. The number of benzene rings is 1. The average Bonchev–Trinajstić information content (AvgIpc) is 2.52. The molecule has 0 aliphatic rings. The second-order valence-electron chi connectivity index (χ2n) is 3.41. The van der Waals surface area contributed by atoms with Crippen molar-refractivity contribution in [3.63, 3.8) is 0 Å². The molecule has 0 spiro atoms. The van der Waals surface area contributed by atoms with Gasteiger partial charge < -0.3 is 0 Å². The lowest BCUT2D eigenvalue weighted by molar-refractivity contribution is 0.937. The van der Waals surface area contributed by atoms with Crippen LogP contribution >= 0.6 is 0 Å². The summed E-state index contributed by atoms with van der Waals surface area (Å²) in [5.41, 5.74) is 1.68. The Bertz CT molecular complexity index is 576. The molecule has 5 nitrogen and oxygen atoms in total. The van der Waals surface area contributed by atoms with Gasteiger partial charge in [-0.2, -0.15) is 0 Å². The van der Waals surface area contributed by atoms with Crippen LogP contribution in [0.15, 0.2) is 27.8 Å². The van der Waals surface area contributed by atoms with Gasteiger partial charge in [-0.15, -0.1) is 0 Å². The molecule has 0 bridgehead atoms. The van der Waals surface area contributed by atoms with E-state index in [0.717, 1.165) is 15.7 Å². The summed E-state index contributed by atoms with van der Waals surface area (Å²) in [6, 6.07) is 5.49. The number of nitrogens with zero attached hydrogens (tertiary/aromatic N) is 1. The highest BCUT2D eigenvalue weighted by molar-refractivity contribution is 5.44. The summed E-state index contributed by atoms with van der Waals surface area (Å²) in [4.78, 5) is 22.8. The molecular formula is C10H11N3O2. The molecule has 2 aromatic rings. The van der Waals surface area contributed by atoms with Gasteiger partial charge in [0.05, 0.1) is 5.69 Å². The standard InChI is InChI=1S/C10H11N3O2/c1-6-4-3-5-8(7(6)2)13-9(14)11-12-10(13)15/h3-5H,1-2H3,(H,11,14)(H,12,15). The topological polar surface area (TPSA) is 70.7 Å². The smallest absolute Gasteiger partial charge is 0.247 e. The normalized spacial score (nSPS) is 10.5. The lowest BCUT2D eigenvalue weighted by Crippen LogP contribution is -2.25. The maximum absolute atomic E-state index is 11.4. The molecular weight excluding hydrogens is 194 g/mol. The van der Waals surface area contributed by atoms with Crippen molar-refractivity contribution in [1.82, 2.24) is 14.8 Å². The molecule has 78 valence electrons. The minimum absolute atomic E-state index is 0.450. The predicted octanol–water partition coefficient (Wildman–Crippen LogP) is 0.471. The Morgan fingerprint density at radius 1 is 1.07 bits per heavy atom. The van der Waals surface area contributed by atoms with Crippen molar-refractivity contribution in [2.45, 2.75) is 13.8 Å². The highest BCUT2D eigenvalue weighted by Gasteiger charge is 2.08. The Balaban J connectivity index is 2.81. The van der Waals surface area contributed by atoms with E-state index in [2.05, 4.69) is 10.2 Å². The fourth-order valence-electron chi connectivity index (χ4n) is 1.51. The van der Waals surface area contributed by atoms with Crippen molar-refractivity contribution >= 4 is 0 Å². The predicted molar refractivity (Wildman–Crippen MR) is 56.5 cm³/mol. The average molecular weight is 205 g/mol. The Labute approximate surface area is 85.4 Å². The molecule has 0 saturated heterocycles. The lowest BCUT2D eigenvalue weighted by atomic mass is 10.1. The molecule has 1 aromatic heterocycles. The molecule has 0 radical (unpaired) electrons. The maximum Gasteiger partial charge on any atom is 0.348 e. The van der Waals surface area contributed by atoms with E-state index in [1.54, 1.807) is 6.07 Å². The number of aromatic nitrogens is 3. The molecule has 0 aliphatic heterocycles. The van der Waals surface area contributed by atoms with Gasteiger partial charge in [0.15, 0.2) is 0 Å². The summed E-state index contributed by atoms with van der Waals surface area (Å²) in [6.07, 6.45) is 0. The van der Waals surface area contributed by atoms with E-state index in [1.807, 2.05) is 26.0 Å². The minimum atomic E-state index is -0.450. The van der Waals surface area contributed by atoms with Crippen LogP contribution in [0.25, 0.3) is 5.69 Å². The second-order valence-corrected chi connectivity index (χ2v) is 3.41. The molecule has 2 N–H and O–H groups in total. The van der Waals surface area contributed by atoms with Crippen LogP contribution in [0.5, 0.6) is 0 Å². The van der Waals surface area contributed by atoms with Crippen molar-refractivity contribution in [2.75, 3.05) is 0 Å². The van der Waals surface area contributed by atoms with Crippen molar-refractivity contribution in [2.24, 2.45) is 0 Å². The van der Waals surface area contributed by atoms with Gasteiger partial charge in [-0.1, -0.05) is 12.1 Å². The van der Waals surface area contributed by atoms with E-state index >= 15 is 0 Å². The van der Waals surface area contributed by atoms with E-state index in [0.29, 0.717) is 5.69 Å². The first-order chi connectivity index (χ1) is 7.11. The molecule has 0 saturated carbocycles. The van der Waals surface area contributed by atoms with Gasteiger partial charge in [-0.25, -0.2) is 24.4 Å². The second kappa shape index (κ2) is 3.27. The monoisotopic (exact) mass is 205 g/mol. The molecule has 1 aromatic carbocycles.